The molecule has 0 aliphatic carbocycles. The van der Waals surface area contributed by atoms with Gasteiger partial charge in [0.1, 0.15) is 18.0 Å². The molecular formula is C9H6ClF2N3. The standard InChI is InChI=1S/C9H6ClF2N3/c1-15-4-13-14-9(15)5-2-8(12)6(10)3-7(5)11/h2-4H,1H3. The maximum atomic E-state index is 13.4. The molecule has 0 fully saturated rings. The van der Waals surface area contributed by atoms with Gasteiger partial charge in [-0.15, -0.1) is 10.2 Å². The van der Waals surface area contributed by atoms with E-state index in [0.717, 1.165) is 12.1 Å². The van der Waals surface area contributed by atoms with Gasteiger partial charge in [0.25, 0.3) is 0 Å². The highest BCUT2D eigenvalue weighted by atomic mass is 35.5. The average molecular weight is 230 g/mol. The molecule has 0 unspecified atom stereocenters. The molecule has 0 radical (unpaired) electrons. The van der Waals surface area contributed by atoms with Crippen molar-refractivity contribution in [3.63, 3.8) is 0 Å². The highest BCUT2D eigenvalue weighted by Gasteiger charge is 2.14. The molecule has 0 aliphatic rings. The van der Waals surface area contributed by atoms with E-state index in [1.54, 1.807) is 7.05 Å². The van der Waals surface area contributed by atoms with Crippen molar-refractivity contribution in [2.75, 3.05) is 0 Å². The van der Waals surface area contributed by atoms with Crippen LogP contribution in [-0.2, 0) is 7.05 Å². The smallest absolute Gasteiger partial charge is 0.166 e. The molecule has 6 heteroatoms. The zero-order valence-corrected chi connectivity index (χ0v) is 8.46. The molecule has 0 amide bonds. The lowest BCUT2D eigenvalue weighted by atomic mass is 10.2. The summed E-state index contributed by atoms with van der Waals surface area (Å²) in [6, 6.07) is 1.92. The molecule has 1 aromatic heterocycles. The first-order valence-corrected chi connectivity index (χ1v) is 4.46. The minimum atomic E-state index is -0.684. The van der Waals surface area contributed by atoms with Crippen LogP contribution in [0.4, 0.5) is 8.78 Å². The lowest BCUT2D eigenvalue weighted by Crippen LogP contribution is -1.95. The van der Waals surface area contributed by atoms with Crippen LogP contribution in [0.3, 0.4) is 0 Å². The normalized spacial score (nSPS) is 10.7. The number of rotatable bonds is 1. The van der Waals surface area contributed by atoms with Crippen LogP contribution in [0.1, 0.15) is 0 Å². The topological polar surface area (TPSA) is 30.7 Å². The number of halogens is 3. The van der Waals surface area contributed by atoms with Gasteiger partial charge in [-0.05, 0) is 12.1 Å². The summed E-state index contributed by atoms with van der Waals surface area (Å²) in [4.78, 5) is 0. The van der Waals surface area contributed by atoms with Gasteiger partial charge in [-0.1, -0.05) is 11.6 Å². The molecule has 3 nitrogen and oxygen atoms in total. The fourth-order valence-corrected chi connectivity index (χ4v) is 1.37. The van der Waals surface area contributed by atoms with Crippen LogP contribution in [0, 0.1) is 11.6 Å². The molecule has 15 heavy (non-hydrogen) atoms. The summed E-state index contributed by atoms with van der Waals surface area (Å²) >= 11 is 5.43. The summed E-state index contributed by atoms with van der Waals surface area (Å²) in [6.07, 6.45) is 1.40. The van der Waals surface area contributed by atoms with Gasteiger partial charge in [0.15, 0.2) is 5.82 Å². The molecule has 0 spiro atoms. The van der Waals surface area contributed by atoms with Gasteiger partial charge < -0.3 is 4.57 Å². The summed E-state index contributed by atoms with van der Waals surface area (Å²) < 4.78 is 28.1. The lowest BCUT2D eigenvalue weighted by Gasteiger charge is -2.03. The second-order valence-corrected chi connectivity index (χ2v) is 3.42. The van der Waals surface area contributed by atoms with Gasteiger partial charge in [0, 0.05) is 7.05 Å². The Kier molecular flexibility index (Phi) is 2.40. The van der Waals surface area contributed by atoms with Crippen molar-refractivity contribution in [1.82, 2.24) is 14.8 Å². The van der Waals surface area contributed by atoms with Crippen LogP contribution in [0.5, 0.6) is 0 Å². The maximum Gasteiger partial charge on any atom is 0.166 e. The van der Waals surface area contributed by atoms with Crippen molar-refractivity contribution < 1.29 is 8.78 Å². The second kappa shape index (κ2) is 3.58. The van der Waals surface area contributed by atoms with E-state index in [-0.39, 0.29) is 16.4 Å². The van der Waals surface area contributed by atoms with Crippen LogP contribution in [0.2, 0.25) is 5.02 Å². The van der Waals surface area contributed by atoms with E-state index in [1.165, 1.54) is 10.9 Å². The zero-order chi connectivity index (χ0) is 11.0. The van der Waals surface area contributed by atoms with Crippen molar-refractivity contribution in [2.45, 2.75) is 0 Å². The van der Waals surface area contributed by atoms with Gasteiger partial charge in [-0.3, -0.25) is 0 Å². The van der Waals surface area contributed by atoms with Gasteiger partial charge >= 0.3 is 0 Å². The Labute approximate surface area is 89.3 Å². The lowest BCUT2D eigenvalue weighted by molar-refractivity contribution is 0.601. The maximum absolute atomic E-state index is 13.4. The Morgan fingerprint density at radius 3 is 2.60 bits per heavy atom. The van der Waals surface area contributed by atoms with Crippen LogP contribution >= 0.6 is 11.6 Å². The zero-order valence-electron chi connectivity index (χ0n) is 7.71. The molecular weight excluding hydrogens is 224 g/mol. The minimum absolute atomic E-state index is 0.0388. The van der Waals surface area contributed by atoms with E-state index in [9.17, 15) is 8.78 Å². The second-order valence-electron chi connectivity index (χ2n) is 3.01. The van der Waals surface area contributed by atoms with E-state index >= 15 is 0 Å². The fourth-order valence-electron chi connectivity index (χ4n) is 1.22. The molecule has 1 heterocycles. The summed E-state index contributed by atoms with van der Waals surface area (Å²) in [5.74, 6) is -1.06. The molecule has 2 rings (SSSR count). The molecule has 1 aromatic carbocycles. The number of hydrogen-bond acceptors (Lipinski definition) is 2. The number of hydrogen-bond donors (Lipinski definition) is 0. The van der Waals surface area contributed by atoms with Crippen molar-refractivity contribution in [3.05, 3.63) is 35.1 Å². The average Bonchev–Trinajstić information content (AvgIpc) is 2.58. The van der Waals surface area contributed by atoms with E-state index < -0.39 is 11.6 Å². The number of aromatic nitrogens is 3. The molecule has 2 aromatic rings. The van der Waals surface area contributed by atoms with Crippen molar-refractivity contribution >= 4 is 11.6 Å². The van der Waals surface area contributed by atoms with E-state index in [2.05, 4.69) is 10.2 Å². The SMILES string of the molecule is Cn1cnnc1-c1cc(F)c(Cl)cc1F. The fraction of sp³-hybridized carbons (Fsp3) is 0.111. The van der Waals surface area contributed by atoms with Crippen LogP contribution < -0.4 is 0 Å². The van der Waals surface area contributed by atoms with Crippen LogP contribution in [0.25, 0.3) is 11.4 Å². The predicted octanol–water partition coefficient (Wildman–Crippen LogP) is 2.41. The van der Waals surface area contributed by atoms with E-state index in [0.29, 0.717) is 0 Å². The van der Waals surface area contributed by atoms with Crippen LogP contribution in [-0.4, -0.2) is 14.8 Å². The Balaban J connectivity index is 2.64. The van der Waals surface area contributed by atoms with Crippen molar-refractivity contribution in [3.8, 4) is 11.4 Å². The first-order valence-electron chi connectivity index (χ1n) is 4.08. The van der Waals surface area contributed by atoms with E-state index in [4.69, 9.17) is 11.6 Å². The largest absolute Gasteiger partial charge is 0.317 e. The monoisotopic (exact) mass is 229 g/mol. The third-order valence-electron chi connectivity index (χ3n) is 1.96. The Morgan fingerprint density at radius 1 is 1.27 bits per heavy atom. The molecule has 0 N–H and O–H groups in total. The van der Waals surface area contributed by atoms with E-state index in [1.807, 2.05) is 0 Å². The van der Waals surface area contributed by atoms with Crippen LogP contribution in [0.15, 0.2) is 18.5 Å². The number of benzene rings is 1. The van der Waals surface area contributed by atoms with Gasteiger partial charge in [0.2, 0.25) is 0 Å². The Bertz CT molecular complexity index is 510. The molecule has 0 atom stereocenters. The van der Waals surface area contributed by atoms with Gasteiger partial charge in [-0.25, -0.2) is 8.78 Å². The van der Waals surface area contributed by atoms with Gasteiger partial charge in [-0.2, -0.15) is 0 Å². The number of nitrogens with zero attached hydrogens (tertiary/aromatic N) is 3. The summed E-state index contributed by atoms with van der Waals surface area (Å²) in [5, 5.41) is 7.01. The summed E-state index contributed by atoms with van der Waals surface area (Å²) in [7, 11) is 1.64. The quantitative estimate of drug-likeness (QED) is 0.703. The summed E-state index contributed by atoms with van der Waals surface area (Å²) in [6.45, 7) is 0. The number of aryl methyl sites for hydroxylation is 1. The molecule has 0 saturated carbocycles. The minimum Gasteiger partial charge on any atom is -0.317 e. The third kappa shape index (κ3) is 1.70. The summed E-state index contributed by atoms with van der Waals surface area (Å²) in [5.41, 5.74) is 0.0388. The Hall–Kier alpha value is -1.49. The first kappa shape index (κ1) is 10.0. The van der Waals surface area contributed by atoms with Gasteiger partial charge in [0.05, 0.1) is 10.6 Å². The Morgan fingerprint density at radius 2 is 2.00 bits per heavy atom. The predicted molar refractivity (Wildman–Crippen MR) is 51.4 cm³/mol. The van der Waals surface area contributed by atoms with Crippen molar-refractivity contribution in [1.29, 1.82) is 0 Å². The molecule has 0 bridgehead atoms. The third-order valence-corrected chi connectivity index (χ3v) is 2.25. The molecule has 78 valence electrons. The highest BCUT2D eigenvalue weighted by Crippen LogP contribution is 2.25. The van der Waals surface area contributed by atoms with Crippen molar-refractivity contribution in [2.24, 2.45) is 7.05 Å². The highest BCUT2D eigenvalue weighted by molar-refractivity contribution is 6.30. The first-order chi connectivity index (χ1) is 7.09. The molecule has 0 aliphatic heterocycles. The molecule has 0 saturated heterocycles.